The van der Waals surface area contributed by atoms with Gasteiger partial charge in [0, 0.05) is 44.5 Å². The van der Waals surface area contributed by atoms with Crippen LogP contribution in [0.5, 0.6) is 0 Å². The predicted molar refractivity (Wildman–Crippen MR) is 84.5 cm³/mol. The number of rotatable bonds is 2. The van der Waals surface area contributed by atoms with E-state index in [0.29, 0.717) is 38.3 Å². The SMILES string of the molecule is Cc1cncc(C(=O)N2C[C@@H]3CN(S(C)(=O)=O)CCO[C@@H]3C2)c1. The molecule has 1 amide bonds. The molecule has 23 heavy (non-hydrogen) atoms. The molecule has 2 fully saturated rings. The smallest absolute Gasteiger partial charge is 0.255 e. The highest BCUT2D eigenvalue weighted by molar-refractivity contribution is 7.88. The molecule has 2 atom stereocenters. The summed E-state index contributed by atoms with van der Waals surface area (Å²) < 4.78 is 30.8. The minimum Gasteiger partial charge on any atom is -0.375 e. The lowest BCUT2D eigenvalue weighted by Gasteiger charge is -2.21. The van der Waals surface area contributed by atoms with Crippen molar-refractivity contribution in [3.63, 3.8) is 0 Å². The van der Waals surface area contributed by atoms with Gasteiger partial charge in [-0.1, -0.05) is 0 Å². The quantitative estimate of drug-likeness (QED) is 0.765. The maximum atomic E-state index is 12.6. The monoisotopic (exact) mass is 339 g/mol. The predicted octanol–water partition coefficient (Wildman–Crippen LogP) is 0.122. The Morgan fingerprint density at radius 3 is 2.78 bits per heavy atom. The van der Waals surface area contributed by atoms with Crippen LogP contribution in [0.25, 0.3) is 0 Å². The molecule has 126 valence electrons. The van der Waals surface area contributed by atoms with E-state index in [2.05, 4.69) is 4.98 Å². The molecule has 0 saturated carbocycles. The molecule has 0 aliphatic carbocycles. The van der Waals surface area contributed by atoms with Crippen molar-refractivity contribution >= 4 is 15.9 Å². The Kier molecular flexibility index (Phi) is 4.39. The fourth-order valence-corrected chi connectivity index (χ4v) is 4.05. The summed E-state index contributed by atoms with van der Waals surface area (Å²) in [5.74, 6) is -0.0716. The Morgan fingerprint density at radius 2 is 2.09 bits per heavy atom. The second-order valence-corrected chi connectivity index (χ2v) is 8.23. The number of sulfonamides is 1. The summed E-state index contributed by atoms with van der Waals surface area (Å²) in [5, 5.41) is 0. The molecule has 7 nitrogen and oxygen atoms in total. The first-order chi connectivity index (χ1) is 10.8. The number of ether oxygens (including phenoxy) is 1. The minimum atomic E-state index is -3.24. The summed E-state index contributed by atoms with van der Waals surface area (Å²) in [6.07, 6.45) is 4.37. The van der Waals surface area contributed by atoms with Crippen molar-refractivity contribution in [1.82, 2.24) is 14.2 Å². The van der Waals surface area contributed by atoms with Crippen molar-refractivity contribution in [2.45, 2.75) is 13.0 Å². The molecule has 0 aromatic carbocycles. The van der Waals surface area contributed by atoms with Gasteiger partial charge in [0.25, 0.3) is 5.91 Å². The molecule has 2 saturated heterocycles. The third-order valence-electron chi connectivity index (χ3n) is 4.37. The Bertz CT molecular complexity index is 706. The van der Waals surface area contributed by atoms with Crippen LogP contribution in [0.3, 0.4) is 0 Å². The number of aromatic nitrogens is 1. The van der Waals surface area contributed by atoms with E-state index in [4.69, 9.17) is 4.74 Å². The lowest BCUT2D eigenvalue weighted by Crippen LogP contribution is -2.37. The van der Waals surface area contributed by atoms with Crippen LogP contribution in [-0.2, 0) is 14.8 Å². The van der Waals surface area contributed by atoms with Crippen LogP contribution < -0.4 is 0 Å². The zero-order chi connectivity index (χ0) is 16.6. The van der Waals surface area contributed by atoms with Crippen LogP contribution >= 0.6 is 0 Å². The third-order valence-corrected chi connectivity index (χ3v) is 5.64. The van der Waals surface area contributed by atoms with Crippen molar-refractivity contribution in [2.24, 2.45) is 5.92 Å². The zero-order valence-corrected chi connectivity index (χ0v) is 14.1. The van der Waals surface area contributed by atoms with E-state index in [0.717, 1.165) is 5.56 Å². The van der Waals surface area contributed by atoms with Crippen molar-refractivity contribution in [1.29, 1.82) is 0 Å². The summed E-state index contributed by atoms with van der Waals surface area (Å²) in [6.45, 7) is 4.03. The van der Waals surface area contributed by atoms with Crippen LogP contribution in [-0.4, -0.2) is 73.7 Å². The van der Waals surface area contributed by atoms with E-state index in [9.17, 15) is 13.2 Å². The van der Waals surface area contributed by atoms with Gasteiger partial charge in [-0.15, -0.1) is 0 Å². The normalized spacial score (nSPS) is 25.9. The second kappa shape index (κ2) is 6.18. The average Bonchev–Trinajstić information content (AvgIpc) is 2.77. The first-order valence-corrected chi connectivity index (χ1v) is 9.47. The summed E-state index contributed by atoms with van der Waals surface area (Å²) in [4.78, 5) is 18.4. The van der Waals surface area contributed by atoms with E-state index in [1.165, 1.54) is 10.6 Å². The molecule has 2 aliphatic rings. The van der Waals surface area contributed by atoms with Gasteiger partial charge in [-0.05, 0) is 18.6 Å². The Balaban J connectivity index is 1.73. The number of carbonyl (C=O) groups is 1. The Morgan fingerprint density at radius 1 is 1.30 bits per heavy atom. The number of likely N-dealkylation sites (tertiary alicyclic amines) is 1. The first-order valence-electron chi connectivity index (χ1n) is 7.62. The average molecular weight is 339 g/mol. The van der Waals surface area contributed by atoms with Gasteiger partial charge in [0.15, 0.2) is 0 Å². The highest BCUT2D eigenvalue weighted by atomic mass is 32.2. The molecule has 0 bridgehead atoms. The summed E-state index contributed by atoms with van der Waals surface area (Å²) >= 11 is 0. The molecule has 3 rings (SSSR count). The number of pyridine rings is 1. The molecule has 1 aromatic heterocycles. The van der Waals surface area contributed by atoms with Gasteiger partial charge in [0.05, 0.1) is 24.5 Å². The van der Waals surface area contributed by atoms with Gasteiger partial charge in [0.1, 0.15) is 0 Å². The van der Waals surface area contributed by atoms with Gasteiger partial charge in [0.2, 0.25) is 10.0 Å². The molecule has 3 heterocycles. The molecular weight excluding hydrogens is 318 g/mol. The van der Waals surface area contributed by atoms with E-state index in [1.54, 1.807) is 17.3 Å². The second-order valence-electron chi connectivity index (χ2n) is 6.25. The molecule has 0 radical (unpaired) electrons. The van der Waals surface area contributed by atoms with E-state index < -0.39 is 10.0 Å². The first kappa shape index (κ1) is 16.4. The van der Waals surface area contributed by atoms with Gasteiger partial charge in [-0.2, -0.15) is 4.31 Å². The Labute approximate surface area is 136 Å². The molecule has 0 spiro atoms. The maximum absolute atomic E-state index is 12.6. The number of hydrogen-bond acceptors (Lipinski definition) is 5. The molecule has 1 aromatic rings. The lowest BCUT2D eigenvalue weighted by atomic mass is 10.1. The molecule has 0 N–H and O–H groups in total. The van der Waals surface area contributed by atoms with Crippen LogP contribution in [0.1, 0.15) is 15.9 Å². The fraction of sp³-hybridized carbons (Fsp3) is 0.600. The number of fused-ring (bicyclic) bond motifs is 1. The maximum Gasteiger partial charge on any atom is 0.255 e. The van der Waals surface area contributed by atoms with Crippen molar-refractivity contribution in [3.8, 4) is 0 Å². The summed E-state index contributed by atoms with van der Waals surface area (Å²) in [5.41, 5.74) is 1.49. The summed E-state index contributed by atoms with van der Waals surface area (Å²) in [7, 11) is -3.24. The highest BCUT2D eigenvalue weighted by Crippen LogP contribution is 2.26. The van der Waals surface area contributed by atoms with E-state index in [1.807, 2.05) is 13.0 Å². The van der Waals surface area contributed by atoms with Crippen molar-refractivity contribution in [2.75, 3.05) is 39.0 Å². The number of carbonyl (C=O) groups excluding carboxylic acids is 1. The van der Waals surface area contributed by atoms with E-state index >= 15 is 0 Å². The largest absolute Gasteiger partial charge is 0.375 e. The molecule has 8 heteroatoms. The third kappa shape index (κ3) is 3.54. The van der Waals surface area contributed by atoms with Crippen LogP contribution in [0.15, 0.2) is 18.5 Å². The fourth-order valence-electron chi connectivity index (χ4n) is 3.19. The number of hydrogen-bond donors (Lipinski definition) is 0. The number of aryl methyl sites for hydroxylation is 1. The lowest BCUT2D eigenvalue weighted by molar-refractivity contribution is 0.0491. The number of nitrogens with zero attached hydrogens (tertiary/aromatic N) is 3. The van der Waals surface area contributed by atoms with Gasteiger partial charge < -0.3 is 9.64 Å². The molecular formula is C15H21N3O4S. The van der Waals surface area contributed by atoms with Crippen molar-refractivity contribution < 1.29 is 17.9 Å². The molecule has 2 aliphatic heterocycles. The van der Waals surface area contributed by atoms with Gasteiger partial charge in [-0.3, -0.25) is 9.78 Å². The van der Waals surface area contributed by atoms with Crippen LogP contribution in [0, 0.1) is 12.8 Å². The zero-order valence-electron chi connectivity index (χ0n) is 13.3. The molecule has 0 unspecified atom stereocenters. The summed E-state index contributed by atoms with van der Waals surface area (Å²) in [6, 6.07) is 1.81. The minimum absolute atomic E-state index is 0.00828. The van der Waals surface area contributed by atoms with Gasteiger partial charge in [-0.25, -0.2) is 8.42 Å². The van der Waals surface area contributed by atoms with Gasteiger partial charge >= 0.3 is 0 Å². The highest BCUT2D eigenvalue weighted by Gasteiger charge is 2.40. The Hall–Kier alpha value is -1.51. The number of amides is 1. The van der Waals surface area contributed by atoms with Crippen LogP contribution in [0.4, 0.5) is 0 Å². The van der Waals surface area contributed by atoms with E-state index in [-0.39, 0.29) is 17.9 Å². The standard InChI is InChI=1S/C15H21N3O4S/c1-11-5-12(7-16-6-11)15(19)17-8-13-9-18(23(2,20)21)3-4-22-14(13)10-17/h5-7,13-14H,3-4,8-10H2,1-2H3/t13-,14-/m1/s1. The van der Waals surface area contributed by atoms with Crippen LogP contribution in [0.2, 0.25) is 0 Å². The topological polar surface area (TPSA) is 79.8 Å². The van der Waals surface area contributed by atoms with Crippen molar-refractivity contribution in [3.05, 3.63) is 29.6 Å².